The van der Waals surface area contributed by atoms with E-state index in [4.69, 9.17) is 9.63 Å². The topological polar surface area (TPSA) is 88.2 Å². The highest BCUT2D eigenvalue weighted by molar-refractivity contribution is 5.87. The largest absolute Gasteiger partial charge is 0.478 e. The molecule has 1 heterocycles. The Labute approximate surface area is 114 Å². The van der Waals surface area contributed by atoms with Crippen LogP contribution in [0.4, 0.5) is 4.39 Å². The zero-order valence-corrected chi connectivity index (χ0v) is 10.9. The Morgan fingerprint density at radius 2 is 2.30 bits per heavy atom. The van der Waals surface area contributed by atoms with E-state index in [-0.39, 0.29) is 12.1 Å². The maximum absolute atomic E-state index is 13.5. The van der Waals surface area contributed by atoms with Crippen molar-refractivity contribution in [2.75, 3.05) is 6.54 Å². The molecule has 0 saturated carbocycles. The zero-order chi connectivity index (χ0) is 14.5. The number of carboxylic acids is 1. The first-order valence-electron chi connectivity index (χ1n) is 6.08. The van der Waals surface area contributed by atoms with Gasteiger partial charge >= 0.3 is 5.97 Å². The molecule has 0 saturated heterocycles. The van der Waals surface area contributed by atoms with Gasteiger partial charge in [-0.1, -0.05) is 5.16 Å². The second kappa shape index (κ2) is 6.25. The number of halogens is 1. The molecule has 0 radical (unpaired) electrons. The van der Waals surface area contributed by atoms with Gasteiger partial charge in [-0.3, -0.25) is 0 Å². The number of aryl methyl sites for hydroxylation is 1. The molecule has 0 fully saturated rings. The van der Waals surface area contributed by atoms with Crippen molar-refractivity contribution in [1.82, 2.24) is 15.5 Å². The van der Waals surface area contributed by atoms with Crippen LogP contribution in [0.2, 0.25) is 0 Å². The molecule has 7 heteroatoms. The Kier molecular flexibility index (Phi) is 4.41. The van der Waals surface area contributed by atoms with Gasteiger partial charge in [-0.2, -0.15) is 4.98 Å². The summed E-state index contributed by atoms with van der Waals surface area (Å²) in [7, 11) is 0. The van der Waals surface area contributed by atoms with Crippen molar-refractivity contribution in [2.45, 2.75) is 19.9 Å². The summed E-state index contributed by atoms with van der Waals surface area (Å²) < 4.78 is 18.3. The van der Waals surface area contributed by atoms with Crippen molar-refractivity contribution in [2.24, 2.45) is 0 Å². The molecular formula is C13H14FN3O3. The number of carbonyl (C=O) groups is 1. The number of hydrogen-bond donors (Lipinski definition) is 2. The average molecular weight is 279 g/mol. The highest BCUT2D eigenvalue weighted by atomic mass is 19.1. The molecule has 0 aliphatic heterocycles. The third-order valence-electron chi connectivity index (χ3n) is 2.70. The molecular weight excluding hydrogens is 265 g/mol. The number of rotatable bonds is 6. The smallest absolute Gasteiger partial charge is 0.335 e. The lowest BCUT2D eigenvalue weighted by Crippen LogP contribution is -2.18. The van der Waals surface area contributed by atoms with E-state index in [9.17, 15) is 9.18 Å². The first kappa shape index (κ1) is 14.1. The number of hydrogen-bond acceptors (Lipinski definition) is 5. The van der Waals surface area contributed by atoms with Crippen LogP contribution in [-0.2, 0) is 13.0 Å². The standard InChI is InChI=1S/C13H14FN3O3/c1-8-16-12(17-20-8)4-5-15-7-10-6-9(13(18)19)2-3-11(10)14/h2-3,6,15H,4-5,7H2,1H3,(H,18,19). The lowest BCUT2D eigenvalue weighted by Gasteiger charge is -2.06. The highest BCUT2D eigenvalue weighted by Gasteiger charge is 2.08. The molecule has 2 rings (SSSR count). The Morgan fingerprint density at radius 1 is 1.50 bits per heavy atom. The summed E-state index contributed by atoms with van der Waals surface area (Å²) in [5, 5.41) is 15.6. The molecule has 6 nitrogen and oxygen atoms in total. The number of benzene rings is 1. The van der Waals surface area contributed by atoms with Crippen molar-refractivity contribution in [1.29, 1.82) is 0 Å². The summed E-state index contributed by atoms with van der Waals surface area (Å²) in [6, 6.07) is 3.72. The maximum atomic E-state index is 13.5. The van der Waals surface area contributed by atoms with Crippen LogP contribution < -0.4 is 5.32 Å². The van der Waals surface area contributed by atoms with Gasteiger partial charge in [0.05, 0.1) is 5.56 Å². The van der Waals surface area contributed by atoms with Crippen LogP contribution in [0, 0.1) is 12.7 Å². The number of carboxylic acid groups (broad SMARTS) is 1. The first-order chi connectivity index (χ1) is 9.56. The molecule has 1 aromatic heterocycles. The zero-order valence-electron chi connectivity index (χ0n) is 10.9. The number of aromatic nitrogens is 2. The van der Waals surface area contributed by atoms with Gasteiger partial charge in [0, 0.05) is 32.0 Å². The Hall–Kier alpha value is -2.28. The summed E-state index contributed by atoms with van der Waals surface area (Å²) >= 11 is 0. The van der Waals surface area contributed by atoms with E-state index < -0.39 is 11.8 Å². The molecule has 0 aliphatic rings. The molecule has 20 heavy (non-hydrogen) atoms. The molecule has 2 aromatic rings. The van der Waals surface area contributed by atoms with E-state index in [1.54, 1.807) is 6.92 Å². The van der Waals surface area contributed by atoms with Gasteiger partial charge in [0.2, 0.25) is 5.89 Å². The van der Waals surface area contributed by atoms with Gasteiger partial charge in [-0.15, -0.1) is 0 Å². The Morgan fingerprint density at radius 3 is 2.95 bits per heavy atom. The van der Waals surface area contributed by atoms with Crippen molar-refractivity contribution in [3.63, 3.8) is 0 Å². The van der Waals surface area contributed by atoms with Gasteiger partial charge < -0.3 is 14.9 Å². The minimum atomic E-state index is -1.08. The summed E-state index contributed by atoms with van der Waals surface area (Å²) in [5.74, 6) is -0.429. The molecule has 0 spiro atoms. The fraction of sp³-hybridized carbons (Fsp3) is 0.308. The van der Waals surface area contributed by atoms with Gasteiger partial charge in [-0.05, 0) is 18.2 Å². The second-order valence-corrected chi connectivity index (χ2v) is 4.27. The first-order valence-corrected chi connectivity index (χ1v) is 6.08. The quantitative estimate of drug-likeness (QED) is 0.780. The van der Waals surface area contributed by atoms with Crippen molar-refractivity contribution in [3.8, 4) is 0 Å². The Balaban J connectivity index is 1.87. The van der Waals surface area contributed by atoms with Crippen LogP contribution >= 0.6 is 0 Å². The molecule has 106 valence electrons. The summed E-state index contributed by atoms with van der Waals surface area (Å²) in [4.78, 5) is 14.9. The maximum Gasteiger partial charge on any atom is 0.335 e. The lowest BCUT2D eigenvalue weighted by molar-refractivity contribution is 0.0696. The minimum absolute atomic E-state index is 0.0667. The van der Waals surface area contributed by atoms with E-state index in [0.717, 1.165) is 6.07 Å². The van der Waals surface area contributed by atoms with Gasteiger partial charge in [0.25, 0.3) is 0 Å². The van der Waals surface area contributed by atoms with E-state index in [1.165, 1.54) is 12.1 Å². The number of nitrogens with zero attached hydrogens (tertiary/aromatic N) is 2. The number of nitrogens with one attached hydrogen (secondary N) is 1. The van der Waals surface area contributed by atoms with E-state index in [0.29, 0.717) is 30.2 Å². The fourth-order valence-corrected chi connectivity index (χ4v) is 1.71. The van der Waals surface area contributed by atoms with Crippen LogP contribution in [0.15, 0.2) is 22.7 Å². The van der Waals surface area contributed by atoms with Gasteiger partial charge in [0.15, 0.2) is 5.82 Å². The van der Waals surface area contributed by atoms with Crippen molar-refractivity contribution >= 4 is 5.97 Å². The molecule has 0 unspecified atom stereocenters. The molecule has 0 aliphatic carbocycles. The van der Waals surface area contributed by atoms with Crippen LogP contribution in [0.5, 0.6) is 0 Å². The third kappa shape index (κ3) is 3.61. The third-order valence-corrected chi connectivity index (χ3v) is 2.70. The molecule has 2 N–H and O–H groups in total. The van der Waals surface area contributed by atoms with Crippen molar-refractivity contribution in [3.05, 3.63) is 46.9 Å². The van der Waals surface area contributed by atoms with E-state index in [2.05, 4.69) is 15.5 Å². The number of aromatic carboxylic acids is 1. The average Bonchev–Trinajstić information content (AvgIpc) is 2.82. The van der Waals surface area contributed by atoms with Crippen molar-refractivity contribution < 1.29 is 18.8 Å². The van der Waals surface area contributed by atoms with Gasteiger partial charge in [-0.25, -0.2) is 9.18 Å². The Bertz CT molecular complexity index is 613. The normalized spacial score (nSPS) is 10.7. The predicted octanol–water partition coefficient (Wildman–Crippen LogP) is 1.55. The highest BCUT2D eigenvalue weighted by Crippen LogP contribution is 2.10. The summed E-state index contributed by atoms with van der Waals surface area (Å²) in [6.45, 7) is 2.48. The van der Waals surface area contributed by atoms with Gasteiger partial charge in [0.1, 0.15) is 5.82 Å². The summed E-state index contributed by atoms with van der Waals surface area (Å²) in [5.41, 5.74) is 0.381. The molecule has 0 bridgehead atoms. The fourth-order valence-electron chi connectivity index (χ4n) is 1.71. The molecule has 0 atom stereocenters. The van der Waals surface area contributed by atoms with Crippen LogP contribution in [0.1, 0.15) is 27.6 Å². The minimum Gasteiger partial charge on any atom is -0.478 e. The van der Waals surface area contributed by atoms with Crippen LogP contribution in [0.3, 0.4) is 0 Å². The second-order valence-electron chi connectivity index (χ2n) is 4.27. The molecule has 0 amide bonds. The monoisotopic (exact) mass is 279 g/mol. The lowest BCUT2D eigenvalue weighted by atomic mass is 10.1. The predicted molar refractivity (Wildman–Crippen MR) is 67.8 cm³/mol. The summed E-state index contributed by atoms with van der Waals surface area (Å²) in [6.07, 6.45) is 0.553. The molecule has 1 aromatic carbocycles. The van der Waals surface area contributed by atoms with Crippen LogP contribution in [-0.4, -0.2) is 27.8 Å². The van der Waals surface area contributed by atoms with E-state index in [1.807, 2.05) is 0 Å². The van der Waals surface area contributed by atoms with Crippen LogP contribution in [0.25, 0.3) is 0 Å². The SMILES string of the molecule is Cc1nc(CCNCc2cc(C(=O)O)ccc2F)no1. The van der Waals surface area contributed by atoms with E-state index >= 15 is 0 Å².